The molecule has 1 heterocycles. The predicted octanol–water partition coefficient (Wildman–Crippen LogP) is 2.70. The quantitative estimate of drug-likeness (QED) is 0.834. The SMILES string of the molecule is CCC(=O)N(C)C1(c2nnnn2-c2ccccc2OC)CCCCC1. The van der Waals surface area contributed by atoms with Gasteiger partial charge >= 0.3 is 0 Å². The summed E-state index contributed by atoms with van der Waals surface area (Å²) in [6, 6.07) is 7.65. The Morgan fingerprint density at radius 2 is 2.00 bits per heavy atom. The second-order valence-electron chi connectivity index (χ2n) is 6.48. The van der Waals surface area contributed by atoms with Crippen LogP contribution < -0.4 is 4.74 Å². The number of carbonyl (C=O) groups excluding carboxylic acids is 1. The number of hydrogen-bond donors (Lipinski definition) is 0. The lowest BCUT2D eigenvalue weighted by Crippen LogP contribution is -2.49. The third-order valence-electron chi connectivity index (χ3n) is 5.20. The number of para-hydroxylation sites is 2. The van der Waals surface area contributed by atoms with Crippen molar-refractivity contribution < 1.29 is 9.53 Å². The maximum Gasteiger partial charge on any atom is 0.222 e. The van der Waals surface area contributed by atoms with Gasteiger partial charge in [0, 0.05) is 13.5 Å². The minimum atomic E-state index is -0.476. The first-order valence-corrected chi connectivity index (χ1v) is 8.83. The van der Waals surface area contributed by atoms with E-state index in [0.29, 0.717) is 18.0 Å². The number of rotatable bonds is 5. The Morgan fingerprint density at radius 1 is 1.28 bits per heavy atom. The highest BCUT2D eigenvalue weighted by Crippen LogP contribution is 2.42. The van der Waals surface area contributed by atoms with Gasteiger partial charge in [-0.25, -0.2) is 0 Å². The normalized spacial score (nSPS) is 16.4. The van der Waals surface area contributed by atoms with Gasteiger partial charge in [0.15, 0.2) is 5.82 Å². The zero-order valence-corrected chi connectivity index (χ0v) is 15.1. The fourth-order valence-corrected chi connectivity index (χ4v) is 3.77. The van der Waals surface area contributed by atoms with Crippen LogP contribution in [0, 0.1) is 0 Å². The molecule has 1 fully saturated rings. The summed E-state index contributed by atoms with van der Waals surface area (Å²) in [5.74, 6) is 1.52. The lowest BCUT2D eigenvalue weighted by atomic mass is 9.79. The smallest absolute Gasteiger partial charge is 0.222 e. The highest BCUT2D eigenvalue weighted by Gasteiger charge is 2.44. The molecule has 0 aliphatic heterocycles. The van der Waals surface area contributed by atoms with Crippen LogP contribution in [-0.2, 0) is 10.3 Å². The van der Waals surface area contributed by atoms with E-state index < -0.39 is 5.54 Å². The number of hydrogen-bond acceptors (Lipinski definition) is 5. The van der Waals surface area contributed by atoms with Gasteiger partial charge in [0.1, 0.15) is 17.0 Å². The number of methoxy groups -OCH3 is 1. The standard InChI is InChI=1S/C18H25N5O2/c1-4-16(24)22(2)18(12-8-5-9-13-18)17-19-20-21-23(17)14-10-6-7-11-15(14)25-3/h6-7,10-11H,4-5,8-9,12-13H2,1-3H3. The average Bonchev–Trinajstić information content (AvgIpc) is 3.17. The molecule has 25 heavy (non-hydrogen) atoms. The van der Waals surface area contributed by atoms with Crippen LogP contribution in [0.4, 0.5) is 0 Å². The van der Waals surface area contributed by atoms with Crippen molar-refractivity contribution in [1.29, 1.82) is 0 Å². The molecule has 3 rings (SSSR count). The summed E-state index contributed by atoms with van der Waals surface area (Å²) in [5.41, 5.74) is 0.308. The molecule has 0 atom stereocenters. The average molecular weight is 343 g/mol. The van der Waals surface area contributed by atoms with Crippen LogP contribution in [0.15, 0.2) is 24.3 Å². The van der Waals surface area contributed by atoms with Crippen molar-refractivity contribution in [2.24, 2.45) is 0 Å². The molecule has 0 saturated heterocycles. The summed E-state index contributed by atoms with van der Waals surface area (Å²) in [5, 5.41) is 12.5. The van der Waals surface area contributed by atoms with Gasteiger partial charge in [-0.05, 0) is 35.4 Å². The Kier molecular flexibility index (Phi) is 5.01. The zero-order valence-electron chi connectivity index (χ0n) is 15.1. The highest BCUT2D eigenvalue weighted by molar-refractivity contribution is 5.76. The fraction of sp³-hybridized carbons (Fsp3) is 0.556. The van der Waals surface area contributed by atoms with E-state index in [1.54, 1.807) is 11.8 Å². The Hall–Kier alpha value is -2.44. The first-order valence-electron chi connectivity index (χ1n) is 8.83. The van der Waals surface area contributed by atoms with E-state index in [0.717, 1.165) is 31.4 Å². The largest absolute Gasteiger partial charge is 0.494 e. The first-order chi connectivity index (χ1) is 12.1. The van der Waals surface area contributed by atoms with Gasteiger partial charge in [0.05, 0.1) is 7.11 Å². The minimum Gasteiger partial charge on any atom is -0.494 e. The van der Waals surface area contributed by atoms with E-state index in [2.05, 4.69) is 15.5 Å². The topological polar surface area (TPSA) is 73.1 Å². The van der Waals surface area contributed by atoms with Crippen LogP contribution in [0.3, 0.4) is 0 Å². The van der Waals surface area contributed by atoms with Gasteiger partial charge in [-0.2, -0.15) is 4.68 Å². The van der Waals surface area contributed by atoms with E-state index in [9.17, 15) is 4.79 Å². The van der Waals surface area contributed by atoms with E-state index in [1.165, 1.54) is 6.42 Å². The van der Waals surface area contributed by atoms with Crippen molar-refractivity contribution >= 4 is 5.91 Å². The molecule has 134 valence electrons. The van der Waals surface area contributed by atoms with Crippen molar-refractivity contribution in [3.05, 3.63) is 30.1 Å². The van der Waals surface area contributed by atoms with Crippen LogP contribution in [0.25, 0.3) is 5.69 Å². The van der Waals surface area contributed by atoms with Crippen molar-refractivity contribution in [1.82, 2.24) is 25.1 Å². The second kappa shape index (κ2) is 7.21. The molecule has 0 bridgehead atoms. The van der Waals surface area contributed by atoms with Gasteiger partial charge in [-0.3, -0.25) is 4.79 Å². The molecule has 0 spiro atoms. The Bertz CT molecular complexity index is 737. The molecule has 1 saturated carbocycles. The van der Waals surface area contributed by atoms with E-state index in [4.69, 9.17) is 4.74 Å². The molecule has 0 N–H and O–H groups in total. The van der Waals surface area contributed by atoms with Crippen molar-refractivity contribution in [2.45, 2.75) is 51.0 Å². The first kappa shape index (κ1) is 17.4. The summed E-state index contributed by atoms with van der Waals surface area (Å²) < 4.78 is 7.20. The molecule has 1 aromatic heterocycles. The molecule has 7 nitrogen and oxygen atoms in total. The van der Waals surface area contributed by atoms with Gasteiger partial charge in [-0.1, -0.05) is 38.3 Å². The molecule has 1 amide bonds. The molecular formula is C18H25N5O2. The molecular weight excluding hydrogens is 318 g/mol. The van der Waals surface area contributed by atoms with E-state index in [-0.39, 0.29) is 5.91 Å². The Morgan fingerprint density at radius 3 is 2.68 bits per heavy atom. The minimum absolute atomic E-state index is 0.108. The van der Waals surface area contributed by atoms with Gasteiger partial charge < -0.3 is 9.64 Å². The zero-order chi connectivity index (χ0) is 17.9. The highest BCUT2D eigenvalue weighted by atomic mass is 16.5. The van der Waals surface area contributed by atoms with Gasteiger partial charge in [-0.15, -0.1) is 5.10 Å². The lowest BCUT2D eigenvalue weighted by Gasteiger charge is -2.43. The van der Waals surface area contributed by atoms with Crippen LogP contribution >= 0.6 is 0 Å². The molecule has 7 heteroatoms. The summed E-state index contributed by atoms with van der Waals surface area (Å²) in [7, 11) is 3.50. The van der Waals surface area contributed by atoms with E-state index in [1.807, 2.05) is 43.1 Å². The van der Waals surface area contributed by atoms with Gasteiger partial charge in [0.25, 0.3) is 0 Å². The fourth-order valence-electron chi connectivity index (χ4n) is 3.77. The molecule has 1 aromatic carbocycles. The van der Waals surface area contributed by atoms with Crippen LogP contribution in [0.1, 0.15) is 51.3 Å². The maximum absolute atomic E-state index is 12.5. The number of benzene rings is 1. The monoisotopic (exact) mass is 343 g/mol. The third kappa shape index (κ3) is 2.99. The van der Waals surface area contributed by atoms with Crippen LogP contribution in [0.2, 0.25) is 0 Å². The molecule has 2 aromatic rings. The number of ether oxygens (including phenoxy) is 1. The Balaban J connectivity index is 2.13. The number of amides is 1. The number of nitrogens with zero attached hydrogens (tertiary/aromatic N) is 5. The third-order valence-corrected chi connectivity index (χ3v) is 5.20. The van der Waals surface area contributed by atoms with Crippen LogP contribution in [-0.4, -0.2) is 45.2 Å². The van der Waals surface area contributed by atoms with Gasteiger partial charge in [0.2, 0.25) is 5.91 Å². The molecule has 0 unspecified atom stereocenters. The summed E-state index contributed by atoms with van der Waals surface area (Å²) >= 11 is 0. The van der Waals surface area contributed by atoms with Crippen molar-refractivity contribution in [3.8, 4) is 11.4 Å². The van der Waals surface area contributed by atoms with Crippen molar-refractivity contribution in [3.63, 3.8) is 0 Å². The number of aromatic nitrogens is 4. The summed E-state index contributed by atoms with van der Waals surface area (Å²) in [6.45, 7) is 1.89. The second-order valence-corrected chi connectivity index (χ2v) is 6.48. The molecule has 1 aliphatic rings. The predicted molar refractivity (Wildman–Crippen MR) is 93.5 cm³/mol. The lowest BCUT2D eigenvalue weighted by molar-refractivity contribution is -0.137. The molecule has 1 aliphatic carbocycles. The maximum atomic E-state index is 12.5. The number of carbonyl (C=O) groups is 1. The number of tetrazole rings is 1. The van der Waals surface area contributed by atoms with Crippen molar-refractivity contribution in [2.75, 3.05) is 14.2 Å². The van der Waals surface area contributed by atoms with Crippen LogP contribution in [0.5, 0.6) is 5.75 Å². The van der Waals surface area contributed by atoms with E-state index >= 15 is 0 Å². The Labute approximate surface area is 148 Å². The summed E-state index contributed by atoms with van der Waals surface area (Å²) in [4.78, 5) is 14.4. The summed E-state index contributed by atoms with van der Waals surface area (Å²) in [6.07, 6.45) is 5.48. The molecule has 0 radical (unpaired) electrons.